The van der Waals surface area contributed by atoms with Crippen molar-refractivity contribution in [2.75, 3.05) is 19.5 Å². The van der Waals surface area contributed by atoms with Crippen molar-refractivity contribution in [1.29, 1.82) is 0 Å². The fourth-order valence-corrected chi connectivity index (χ4v) is 1.93. The summed E-state index contributed by atoms with van der Waals surface area (Å²) in [6.07, 6.45) is 0. The van der Waals surface area contributed by atoms with Crippen LogP contribution >= 0.6 is 0 Å². The zero-order chi connectivity index (χ0) is 16.8. The lowest BCUT2D eigenvalue weighted by Crippen LogP contribution is -2.10. The van der Waals surface area contributed by atoms with Gasteiger partial charge in [0.15, 0.2) is 0 Å². The van der Waals surface area contributed by atoms with Gasteiger partial charge in [-0.05, 0) is 43.3 Å². The lowest BCUT2D eigenvalue weighted by Gasteiger charge is -2.08. The zero-order valence-corrected chi connectivity index (χ0v) is 12.9. The van der Waals surface area contributed by atoms with Gasteiger partial charge in [0.2, 0.25) is 0 Å². The number of hydrogen-bond donors (Lipinski definition) is 1. The summed E-state index contributed by atoms with van der Waals surface area (Å²) in [4.78, 5) is 23.8. The smallest absolute Gasteiger partial charge is 0.343 e. The highest BCUT2D eigenvalue weighted by atomic mass is 16.5. The molecule has 0 aliphatic carbocycles. The third-order valence-corrected chi connectivity index (χ3v) is 3.02. The van der Waals surface area contributed by atoms with E-state index in [1.165, 1.54) is 19.2 Å². The van der Waals surface area contributed by atoms with E-state index in [1.807, 2.05) is 0 Å². The second-order valence-corrected chi connectivity index (χ2v) is 4.59. The van der Waals surface area contributed by atoms with Gasteiger partial charge in [-0.15, -0.1) is 0 Å². The molecule has 0 aliphatic heterocycles. The van der Waals surface area contributed by atoms with Crippen molar-refractivity contribution in [3.63, 3.8) is 0 Å². The highest BCUT2D eigenvalue weighted by molar-refractivity contribution is 5.93. The fraction of sp³-hybridized carbons (Fsp3) is 0.176. The van der Waals surface area contributed by atoms with Crippen molar-refractivity contribution >= 4 is 17.6 Å². The van der Waals surface area contributed by atoms with Crippen LogP contribution in [-0.4, -0.2) is 25.7 Å². The Morgan fingerprint density at radius 1 is 1.04 bits per heavy atom. The molecule has 0 radical (unpaired) electrons. The Balaban J connectivity index is 2.15. The Labute approximate surface area is 133 Å². The molecule has 2 aromatic carbocycles. The number of methoxy groups -OCH3 is 1. The lowest BCUT2D eigenvalue weighted by atomic mass is 10.2. The molecule has 120 valence electrons. The molecule has 2 aromatic rings. The molecule has 0 unspecified atom stereocenters. The normalized spacial score (nSPS) is 10.0. The van der Waals surface area contributed by atoms with Crippen LogP contribution in [0.1, 0.15) is 27.6 Å². The van der Waals surface area contributed by atoms with Gasteiger partial charge < -0.3 is 19.9 Å². The molecule has 2 rings (SSSR count). The van der Waals surface area contributed by atoms with Crippen molar-refractivity contribution in [2.24, 2.45) is 0 Å². The van der Waals surface area contributed by atoms with Gasteiger partial charge in [0.1, 0.15) is 11.5 Å². The zero-order valence-electron chi connectivity index (χ0n) is 12.9. The van der Waals surface area contributed by atoms with E-state index in [1.54, 1.807) is 37.3 Å². The van der Waals surface area contributed by atoms with E-state index < -0.39 is 11.9 Å². The Bertz CT molecular complexity index is 727. The molecular formula is C17H17NO5. The first-order valence-electron chi connectivity index (χ1n) is 6.98. The van der Waals surface area contributed by atoms with Crippen molar-refractivity contribution < 1.29 is 23.8 Å². The number of carbonyl (C=O) groups excluding carboxylic acids is 2. The van der Waals surface area contributed by atoms with Crippen LogP contribution in [-0.2, 0) is 4.74 Å². The standard InChI is InChI=1S/C17H17NO5/c1-3-22-16(19)11-5-4-6-13(9-11)23-17(20)12-7-8-15(21-2)14(18)10-12/h4-10H,3,18H2,1-2H3. The average Bonchev–Trinajstić information content (AvgIpc) is 2.55. The van der Waals surface area contributed by atoms with Crippen LogP contribution in [0.2, 0.25) is 0 Å². The van der Waals surface area contributed by atoms with Gasteiger partial charge in [0.05, 0.1) is 30.5 Å². The second kappa shape index (κ2) is 7.31. The van der Waals surface area contributed by atoms with Crippen LogP contribution in [0.4, 0.5) is 5.69 Å². The lowest BCUT2D eigenvalue weighted by molar-refractivity contribution is 0.0524. The van der Waals surface area contributed by atoms with E-state index in [9.17, 15) is 9.59 Å². The number of ether oxygens (including phenoxy) is 3. The molecule has 0 saturated heterocycles. The predicted octanol–water partition coefficient (Wildman–Crippen LogP) is 2.67. The van der Waals surface area contributed by atoms with E-state index in [0.29, 0.717) is 17.0 Å². The maximum absolute atomic E-state index is 12.1. The van der Waals surface area contributed by atoms with Crippen LogP contribution in [0.15, 0.2) is 42.5 Å². The molecule has 0 saturated carbocycles. The third-order valence-electron chi connectivity index (χ3n) is 3.02. The van der Waals surface area contributed by atoms with Crippen LogP contribution in [0.5, 0.6) is 11.5 Å². The molecule has 6 heteroatoms. The Morgan fingerprint density at radius 3 is 2.43 bits per heavy atom. The minimum absolute atomic E-state index is 0.245. The first-order chi connectivity index (χ1) is 11.0. The van der Waals surface area contributed by atoms with E-state index in [-0.39, 0.29) is 17.9 Å². The number of rotatable bonds is 5. The van der Waals surface area contributed by atoms with E-state index in [0.717, 1.165) is 0 Å². The molecule has 23 heavy (non-hydrogen) atoms. The molecule has 0 amide bonds. The third kappa shape index (κ3) is 4.00. The summed E-state index contributed by atoms with van der Waals surface area (Å²) >= 11 is 0. The summed E-state index contributed by atoms with van der Waals surface area (Å²) in [5, 5.41) is 0. The van der Waals surface area contributed by atoms with Crippen molar-refractivity contribution in [1.82, 2.24) is 0 Å². The molecule has 0 bridgehead atoms. The molecule has 0 spiro atoms. The largest absolute Gasteiger partial charge is 0.495 e. The minimum Gasteiger partial charge on any atom is -0.495 e. The molecule has 6 nitrogen and oxygen atoms in total. The Hall–Kier alpha value is -3.02. The van der Waals surface area contributed by atoms with Gasteiger partial charge in [0, 0.05) is 0 Å². The number of anilines is 1. The second-order valence-electron chi connectivity index (χ2n) is 4.59. The van der Waals surface area contributed by atoms with Gasteiger partial charge in [-0.2, -0.15) is 0 Å². The van der Waals surface area contributed by atoms with E-state index in [4.69, 9.17) is 19.9 Å². The number of esters is 2. The summed E-state index contributed by atoms with van der Waals surface area (Å²) in [6.45, 7) is 1.99. The highest BCUT2D eigenvalue weighted by Crippen LogP contribution is 2.23. The molecule has 0 heterocycles. The SMILES string of the molecule is CCOC(=O)c1cccc(OC(=O)c2ccc(OC)c(N)c2)c1. The van der Waals surface area contributed by atoms with Gasteiger partial charge >= 0.3 is 11.9 Å². The van der Waals surface area contributed by atoms with Crippen molar-refractivity contribution in [3.8, 4) is 11.5 Å². The number of nitrogen functional groups attached to an aromatic ring is 1. The molecule has 0 aromatic heterocycles. The van der Waals surface area contributed by atoms with E-state index >= 15 is 0 Å². The minimum atomic E-state index is -0.583. The summed E-state index contributed by atoms with van der Waals surface area (Å²) in [5.74, 6) is -0.333. The molecule has 0 aliphatic rings. The maximum Gasteiger partial charge on any atom is 0.343 e. The first kappa shape index (κ1) is 16.4. The number of benzene rings is 2. The first-order valence-corrected chi connectivity index (χ1v) is 6.98. The molecule has 0 atom stereocenters. The van der Waals surface area contributed by atoms with Crippen LogP contribution in [0.3, 0.4) is 0 Å². The van der Waals surface area contributed by atoms with Crippen molar-refractivity contribution in [3.05, 3.63) is 53.6 Å². The number of hydrogen-bond acceptors (Lipinski definition) is 6. The summed E-state index contributed by atoms with van der Waals surface area (Å²) < 4.78 is 15.2. The monoisotopic (exact) mass is 315 g/mol. The average molecular weight is 315 g/mol. The van der Waals surface area contributed by atoms with E-state index in [2.05, 4.69) is 0 Å². The summed E-state index contributed by atoms with van der Waals surface area (Å²) in [6, 6.07) is 10.8. The molecule has 0 fully saturated rings. The Kier molecular flexibility index (Phi) is 5.19. The fourth-order valence-electron chi connectivity index (χ4n) is 1.93. The molecule has 2 N–H and O–H groups in total. The maximum atomic E-state index is 12.1. The number of carbonyl (C=O) groups is 2. The number of nitrogens with two attached hydrogens (primary N) is 1. The van der Waals surface area contributed by atoms with Crippen molar-refractivity contribution in [2.45, 2.75) is 6.92 Å². The Morgan fingerprint density at radius 2 is 1.78 bits per heavy atom. The topological polar surface area (TPSA) is 87.8 Å². The summed E-state index contributed by atoms with van der Waals surface area (Å²) in [7, 11) is 1.49. The predicted molar refractivity (Wildman–Crippen MR) is 84.8 cm³/mol. The van der Waals surface area contributed by atoms with Gasteiger partial charge in [-0.1, -0.05) is 6.07 Å². The van der Waals surface area contributed by atoms with Gasteiger partial charge in [-0.3, -0.25) is 0 Å². The summed E-state index contributed by atoms with van der Waals surface area (Å²) in [5.41, 5.74) is 6.70. The quantitative estimate of drug-likeness (QED) is 0.518. The van der Waals surface area contributed by atoms with Crippen LogP contribution < -0.4 is 15.2 Å². The van der Waals surface area contributed by atoms with Crippen LogP contribution in [0.25, 0.3) is 0 Å². The van der Waals surface area contributed by atoms with Crippen LogP contribution in [0, 0.1) is 0 Å². The van der Waals surface area contributed by atoms with Gasteiger partial charge in [0.25, 0.3) is 0 Å². The van der Waals surface area contributed by atoms with Gasteiger partial charge in [-0.25, -0.2) is 9.59 Å². The highest BCUT2D eigenvalue weighted by Gasteiger charge is 2.13. The molecular weight excluding hydrogens is 298 g/mol.